The molecule has 2 amide bonds. The fourth-order valence-electron chi connectivity index (χ4n) is 3.27. The van der Waals surface area contributed by atoms with Crippen LogP contribution in [0.5, 0.6) is 11.5 Å². The molecule has 136 valence electrons. The summed E-state index contributed by atoms with van der Waals surface area (Å²) < 4.78 is 10.5. The van der Waals surface area contributed by atoms with Gasteiger partial charge in [0.2, 0.25) is 11.8 Å². The van der Waals surface area contributed by atoms with Crippen molar-refractivity contribution in [3.8, 4) is 11.5 Å². The smallest absolute Gasteiger partial charge is 0.225 e. The Balaban J connectivity index is 1.47. The van der Waals surface area contributed by atoms with Crippen molar-refractivity contribution in [2.24, 2.45) is 11.8 Å². The third-order valence-electron chi connectivity index (χ3n) is 5.02. The Labute approximate surface area is 148 Å². The highest BCUT2D eigenvalue weighted by atomic mass is 16.5. The molecule has 1 saturated carbocycles. The van der Waals surface area contributed by atoms with E-state index in [9.17, 15) is 9.59 Å². The molecule has 1 aliphatic carbocycles. The SMILES string of the molecule is COc1ccc(CNC(=O)C2CCN(C(=O)C3CC3)CC2)cc1OC. The minimum absolute atomic E-state index is 0.0107. The molecule has 0 unspecified atom stereocenters. The highest BCUT2D eigenvalue weighted by Gasteiger charge is 2.35. The quantitative estimate of drug-likeness (QED) is 0.855. The Bertz CT molecular complexity index is 634. The minimum Gasteiger partial charge on any atom is -0.493 e. The normalized spacial score (nSPS) is 17.9. The molecule has 2 fully saturated rings. The van der Waals surface area contributed by atoms with E-state index in [0.717, 1.165) is 31.2 Å². The highest BCUT2D eigenvalue weighted by Crippen LogP contribution is 2.32. The zero-order chi connectivity index (χ0) is 17.8. The van der Waals surface area contributed by atoms with Gasteiger partial charge in [0.15, 0.2) is 11.5 Å². The highest BCUT2D eigenvalue weighted by molar-refractivity contribution is 5.82. The van der Waals surface area contributed by atoms with Crippen molar-refractivity contribution in [1.29, 1.82) is 0 Å². The molecular formula is C19H26N2O4. The maximum Gasteiger partial charge on any atom is 0.225 e. The zero-order valence-electron chi connectivity index (χ0n) is 14.9. The summed E-state index contributed by atoms with van der Waals surface area (Å²) >= 11 is 0. The molecule has 6 nitrogen and oxygen atoms in total. The number of methoxy groups -OCH3 is 2. The van der Waals surface area contributed by atoms with Crippen molar-refractivity contribution in [3.63, 3.8) is 0 Å². The molecule has 1 aromatic rings. The van der Waals surface area contributed by atoms with Gasteiger partial charge in [-0.25, -0.2) is 0 Å². The van der Waals surface area contributed by atoms with Gasteiger partial charge in [-0.15, -0.1) is 0 Å². The van der Waals surface area contributed by atoms with Gasteiger partial charge in [-0.05, 0) is 43.4 Å². The molecule has 0 atom stereocenters. The van der Waals surface area contributed by atoms with Crippen molar-refractivity contribution in [3.05, 3.63) is 23.8 Å². The number of benzene rings is 1. The van der Waals surface area contributed by atoms with E-state index in [1.807, 2.05) is 23.1 Å². The Morgan fingerprint density at radius 2 is 1.72 bits per heavy atom. The van der Waals surface area contributed by atoms with Gasteiger partial charge in [-0.1, -0.05) is 6.07 Å². The minimum atomic E-state index is -0.0107. The summed E-state index contributed by atoms with van der Waals surface area (Å²) in [7, 11) is 3.19. The third kappa shape index (κ3) is 4.24. The Morgan fingerprint density at radius 3 is 2.32 bits per heavy atom. The van der Waals surface area contributed by atoms with Crippen molar-refractivity contribution < 1.29 is 19.1 Å². The van der Waals surface area contributed by atoms with Gasteiger partial charge in [-0.3, -0.25) is 9.59 Å². The lowest BCUT2D eigenvalue weighted by Crippen LogP contribution is -2.43. The standard InChI is InChI=1S/C19H26N2O4/c1-24-16-6-3-13(11-17(16)25-2)12-20-18(22)14-7-9-21(10-8-14)19(23)15-4-5-15/h3,6,11,14-15H,4-5,7-10,12H2,1-2H3,(H,20,22). The molecule has 1 heterocycles. The van der Waals surface area contributed by atoms with Crippen LogP contribution in [0.15, 0.2) is 18.2 Å². The van der Waals surface area contributed by atoms with E-state index >= 15 is 0 Å². The van der Waals surface area contributed by atoms with E-state index in [1.165, 1.54) is 0 Å². The van der Waals surface area contributed by atoms with Crippen LogP contribution in [0.1, 0.15) is 31.2 Å². The van der Waals surface area contributed by atoms with Crippen molar-refractivity contribution in [1.82, 2.24) is 10.2 Å². The van der Waals surface area contributed by atoms with Gasteiger partial charge in [0.05, 0.1) is 14.2 Å². The van der Waals surface area contributed by atoms with Gasteiger partial charge >= 0.3 is 0 Å². The molecule has 1 aliphatic heterocycles. The van der Waals surface area contributed by atoms with E-state index in [-0.39, 0.29) is 23.7 Å². The fraction of sp³-hybridized carbons (Fsp3) is 0.579. The molecule has 0 bridgehead atoms. The monoisotopic (exact) mass is 346 g/mol. The van der Waals surface area contributed by atoms with Crippen LogP contribution in [-0.4, -0.2) is 44.0 Å². The second kappa shape index (κ2) is 7.76. The predicted octanol–water partition coefficient (Wildman–Crippen LogP) is 1.97. The Hall–Kier alpha value is -2.24. The number of ether oxygens (including phenoxy) is 2. The average Bonchev–Trinajstić information content (AvgIpc) is 3.50. The number of amides is 2. The number of hydrogen-bond acceptors (Lipinski definition) is 4. The van der Waals surface area contributed by atoms with Gasteiger partial charge < -0.3 is 19.7 Å². The first-order valence-electron chi connectivity index (χ1n) is 8.89. The maximum absolute atomic E-state index is 12.4. The number of rotatable bonds is 6. The van der Waals surface area contributed by atoms with Crippen molar-refractivity contribution >= 4 is 11.8 Å². The number of nitrogens with zero attached hydrogens (tertiary/aromatic N) is 1. The Morgan fingerprint density at radius 1 is 1.04 bits per heavy atom. The van der Waals surface area contributed by atoms with Gasteiger partial charge in [0.1, 0.15) is 0 Å². The molecule has 0 spiro atoms. The number of piperidine rings is 1. The van der Waals surface area contributed by atoms with Crippen LogP contribution >= 0.6 is 0 Å². The second-order valence-electron chi connectivity index (χ2n) is 6.78. The van der Waals surface area contributed by atoms with E-state index in [1.54, 1.807) is 14.2 Å². The van der Waals surface area contributed by atoms with E-state index in [4.69, 9.17) is 9.47 Å². The van der Waals surface area contributed by atoms with Crippen LogP contribution in [0, 0.1) is 11.8 Å². The molecule has 3 rings (SSSR count). The van der Waals surface area contributed by atoms with Gasteiger partial charge in [0, 0.05) is 31.5 Å². The Kier molecular flexibility index (Phi) is 5.46. The van der Waals surface area contributed by atoms with Gasteiger partial charge in [-0.2, -0.15) is 0 Å². The van der Waals surface area contributed by atoms with Crippen LogP contribution in [0.25, 0.3) is 0 Å². The summed E-state index contributed by atoms with van der Waals surface area (Å²) in [5, 5.41) is 3.00. The van der Waals surface area contributed by atoms with Crippen LogP contribution in [0.4, 0.5) is 0 Å². The summed E-state index contributed by atoms with van der Waals surface area (Å²) in [6.45, 7) is 1.86. The molecular weight excluding hydrogens is 320 g/mol. The summed E-state index contributed by atoms with van der Waals surface area (Å²) in [5.74, 6) is 1.92. The molecule has 1 N–H and O–H groups in total. The van der Waals surface area contributed by atoms with E-state index in [2.05, 4.69) is 5.32 Å². The first-order chi connectivity index (χ1) is 12.1. The van der Waals surface area contributed by atoms with Crippen LogP contribution in [0.3, 0.4) is 0 Å². The molecule has 2 aliphatic rings. The molecule has 6 heteroatoms. The number of hydrogen-bond donors (Lipinski definition) is 1. The topological polar surface area (TPSA) is 67.9 Å². The number of likely N-dealkylation sites (tertiary alicyclic amines) is 1. The molecule has 1 aromatic carbocycles. The second-order valence-corrected chi connectivity index (χ2v) is 6.78. The van der Waals surface area contributed by atoms with Crippen LogP contribution in [-0.2, 0) is 16.1 Å². The number of nitrogens with one attached hydrogen (secondary N) is 1. The first kappa shape index (κ1) is 17.6. The number of carbonyl (C=O) groups is 2. The summed E-state index contributed by atoms with van der Waals surface area (Å²) in [4.78, 5) is 26.4. The summed E-state index contributed by atoms with van der Waals surface area (Å²) in [5.41, 5.74) is 0.965. The third-order valence-corrected chi connectivity index (χ3v) is 5.02. The summed E-state index contributed by atoms with van der Waals surface area (Å²) in [6, 6.07) is 5.62. The predicted molar refractivity (Wildman–Crippen MR) is 93.4 cm³/mol. The zero-order valence-corrected chi connectivity index (χ0v) is 14.9. The van der Waals surface area contributed by atoms with Gasteiger partial charge in [0.25, 0.3) is 0 Å². The van der Waals surface area contributed by atoms with Crippen LogP contribution < -0.4 is 14.8 Å². The molecule has 0 aromatic heterocycles. The average molecular weight is 346 g/mol. The molecule has 25 heavy (non-hydrogen) atoms. The lowest BCUT2D eigenvalue weighted by atomic mass is 9.95. The molecule has 0 radical (unpaired) electrons. The lowest BCUT2D eigenvalue weighted by Gasteiger charge is -2.31. The van der Waals surface area contributed by atoms with Crippen molar-refractivity contribution in [2.45, 2.75) is 32.2 Å². The number of carbonyl (C=O) groups excluding carboxylic acids is 2. The summed E-state index contributed by atoms with van der Waals surface area (Å²) in [6.07, 6.45) is 3.56. The van der Waals surface area contributed by atoms with E-state index in [0.29, 0.717) is 31.1 Å². The molecule has 1 saturated heterocycles. The van der Waals surface area contributed by atoms with E-state index < -0.39 is 0 Å². The largest absolute Gasteiger partial charge is 0.493 e. The maximum atomic E-state index is 12.4. The van der Waals surface area contributed by atoms with Crippen molar-refractivity contribution in [2.75, 3.05) is 27.3 Å². The first-order valence-corrected chi connectivity index (χ1v) is 8.89. The lowest BCUT2D eigenvalue weighted by molar-refractivity contribution is -0.136. The van der Waals surface area contributed by atoms with Crippen LogP contribution in [0.2, 0.25) is 0 Å². The fourth-order valence-corrected chi connectivity index (χ4v) is 3.27.